The van der Waals surface area contributed by atoms with E-state index < -0.39 is 5.92 Å². The fourth-order valence-corrected chi connectivity index (χ4v) is 4.64. The molecule has 2 aromatic carbocycles. The second-order valence-electron chi connectivity index (χ2n) is 7.26. The van der Waals surface area contributed by atoms with Crippen molar-refractivity contribution in [1.82, 2.24) is 9.97 Å². The van der Waals surface area contributed by atoms with Gasteiger partial charge < -0.3 is 19.8 Å². The van der Waals surface area contributed by atoms with E-state index in [0.29, 0.717) is 33.0 Å². The molecule has 1 aromatic heterocycles. The van der Waals surface area contributed by atoms with E-state index >= 15 is 0 Å². The average Bonchev–Trinajstić information content (AvgIpc) is 2.80. The van der Waals surface area contributed by atoms with Gasteiger partial charge in [0, 0.05) is 23.1 Å². The van der Waals surface area contributed by atoms with Crippen LogP contribution < -0.4 is 20.3 Å². The van der Waals surface area contributed by atoms with Crippen LogP contribution in [0.2, 0.25) is 5.02 Å². The number of hydrogen-bond donors (Lipinski definition) is 2. The van der Waals surface area contributed by atoms with Crippen molar-refractivity contribution in [3.8, 4) is 23.8 Å². The van der Waals surface area contributed by atoms with E-state index in [1.165, 1.54) is 18.9 Å². The molecule has 0 saturated heterocycles. The third kappa shape index (κ3) is 5.16. The number of H-pyrrole nitrogens is 1. The van der Waals surface area contributed by atoms with Crippen LogP contribution in [0.25, 0.3) is 0 Å². The minimum atomic E-state index is -0.479. The molecule has 0 bridgehead atoms. The lowest BCUT2D eigenvalue weighted by Gasteiger charge is -2.25. The number of anilines is 1. The summed E-state index contributed by atoms with van der Waals surface area (Å²) >= 11 is 7.39. The predicted octanol–water partition coefficient (Wildman–Crippen LogP) is 4.21. The number of thioether (sulfide) groups is 1. The molecule has 33 heavy (non-hydrogen) atoms. The number of hydrogen-bond acceptors (Lipinski definition) is 6. The molecule has 1 amide bonds. The summed E-state index contributed by atoms with van der Waals surface area (Å²) in [5.74, 6) is 3.49. The number of carbonyl (C=O) groups is 1. The van der Waals surface area contributed by atoms with Crippen molar-refractivity contribution in [3.05, 3.63) is 74.5 Å². The first-order chi connectivity index (χ1) is 16.0. The van der Waals surface area contributed by atoms with Crippen LogP contribution in [0.5, 0.6) is 11.5 Å². The maximum Gasteiger partial charge on any atom is 0.257 e. The molecule has 1 atom stereocenters. The molecule has 1 aliphatic rings. The van der Waals surface area contributed by atoms with Crippen LogP contribution in [0.1, 0.15) is 29.0 Å². The maximum atomic E-state index is 13.0. The van der Waals surface area contributed by atoms with E-state index in [4.69, 9.17) is 27.5 Å². The summed E-state index contributed by atoms with van der Waals surface area (Å²) in [6, 6.07) is 12.7. The number of halogens is 1. The van der Waals surface area contributed by atoms with Crippen molar-refractivity contribution in [2.45, 2.75) is 23.2 Å². The second kappa shape index (κ2) is 10.0. The first kappa shape index (κ1) is 22.8. The number of amides is 1. The highest BCUT2D eigenvalue weighted by molar-refractivity contribution is 7.98. The number of methoxy groups -OCH3 is 1. The number of benzene rings is 2. The van der Waals surface area contributed by atoms with Gasteiger partial charge in [-0.2, -0.15) is 0 Å². The van der Waals surface area contributed by atoms with Gasteiger partial charge >= 0.3 is 0 Å². The van der Waals surface area contributed by atoms with Crippen molar-refractivity contribution in [3.63, 3.8) is 0 Å². The number of carbonyl (C=O) groups excluding carboxylic acids is 1. The fraction of sp³-hybridized carbons (Fsp3) is 0.208. The van der Waals surface area contributed by atoms with E-state index in [1.54, 1.807) is 24.3 Å². The highest BCUT2D eigenvalue weighted by Crippen LogP contribution is 2.38. The van der Waals surface area contributed by atoms with Crippen LogP contribution in [0, 0.1) is 12.3 Å². The molecule has 0 unspecified atom stereocenters. The Morgan fingerprint density at radius 3 is 2.85 bits per heavy atom. The smallest absolute Gasteiger partial charge is 0.257 e. The largest absolute Gasteiger partial charge is 0.493 e. The highest BCUT2D eigenvalue weighted by Gasteiger charge is 2.31. The monoisotopic (exact) mass is 481 g/mol. The van der Waals surface area contributed by atoms with E-state index in [-0.39, 0.29) is 30.3 Å². The van der Waals surface area contributed by atoms with Crippen molar-refractivity contribution >= 4 is 35.1 Å². The summed E-state index contributed by atoms with van der Waals surface area (Å²) in [4.78, 5) is 32.8. The molecule has 0 spiro atoms. The second-order valence-corrected chi connectivity index (χ2v) is 8.66. The summed E-state index contributed by atoms with van der Waals surface area (Å²) < 4.78 is 10.9. The van der Waals surface area contributed by atoms with Gasteiger partial charge in [0.05, 0.1) is 12.7 Å². The van der Waals surface area contributed by atoms with Crippen molar-refractivity contribution in [2.75, 3.05) is 19.0 Å². The molecular formula is C24H20ClN3O4S. The molecule has 3 aromatic rings. The molecule has 168 valence electrons. The van der Waals surface area contributed by atoms with Crippen molar-refractivity contribution in [1.29, 1.82) is 0 Å². The Balaban J connectivity index is 1.64. The van der Waals surface area contributed by atoms with E-state index in [2.05, 4.69) is 21.2 Å². The standard InChI is InChI=1S/C24H20ClN3O4S/c1-3-9-32-18-8-7-15(11-19(18)31-2)17-12-20(29)26-22-21(17)23(30)28-24(27-22)33-13-14-5-4-6-16(25)10-14/h1,4-8,10-11,17H,9,12-13H2,2H3,(H2,26,27,28,29,30)/t17-/m0/s1. The van der Waals surface area contributed by atoms with Crippen LogP contribution >= 0.6 is 23.4 Å². The Morgan fingerprint density at radius 2 is 2.09 bits per heavy atom. The van der Waals surface area contributed by atoms with E-state index in [0.717, 1.165) is 11.1 Å². The van der Waals surface area contributed by atoms with Crippen LogP contribution in [0.3, 0.4) is 0 Å². The van der Waals surface area contributed by atoms with Crippen molar-refractivity contribution < 1.29 is 14.3 Å². The fourth-order valence-electron chi connectivity index (χ4n) is 3.62. The van der Waals surface area contributed by atoms with Gasteiger partial charge in [-0.25, -0.2) is 4.98 Å². The van der Waals surface area contributed by atoms with Crippen molar-refractivity contribution in [2.24, 2.45) is 0 Å². The number of nitrogens with zero attached hydrogens (tertiary/aromatic N) is 1. The summed E-state index contributed by atoms with van der Waals surface area (Å²) in [6.07, 6.45) is 5.37. The number of ether oxygens (including phenoxy) is 2. The van der Waals surface area contributed by atoms with E-state index in [1.807, 2.05) is 18.2 Å². The molecule has 1 aliphatic heterocycles. The number of aromatic nitrogens is 2. The number of terminal acetylenes is 1. The van der Waals surface area contributed by atoms with Gasteiger partial charge in [0.2, 0.25) is 5.91 Å². The van der Waals surface area contributed by atoms with Gasteiger partial charge in [-0.15, -0.1) is 6.42 Å². The van der Waals surface area contributed by atoms with Crippen LogP contribution in [-0.4, -0.2) is 29.6 Å². The molecule has 2 heterocycles. The summed E-state index contributed by atoms with van der Waals surface area (Å²) in [5, 5.41) is 3.79. The normalized spacial score (nSPS) is 14.7. The molecule has 0 radical (unpaired) electrons. The van der Waals surface area contributed by atoms with Gasteiger partial charge in [0.1, 0.15) is 12.4 Å². The lowest BCUT2D eigenvalue weighted by atomic mass is 9.86. The topological polar surface area (TPSA) is 93.3 Å². The summed E-state index contributed by atoms with van der Waals surface area (Å²) in [5.41, 5.74) is 1.84. The molecule has 0 saturated carbocycles. The Bertz CT molecular complexity index is 1300. The minimum Gasteiger partial charge on any atom is -0.493 e. The van der Waals surface area contributed by atoms with Gasteiger partial charge in [-0.05, 0) is 35.4 Å². The lowest BCUT2D eigenvalue weighted by molar-refractivity contribution is -0.116. The maximum absolute atomic E-state index is 13.0. The lowest BCUT2D eigenvalue weighted by Crippen LogP contribution is -2.31. The number of nitrogens with one attached hydrogen (secondary N) is 2. The minimum absolute atomic E-state index is 0.101. The SMILES string of the molecule is C#CCOc1ccc([C@@H]2CC(=O)Nc3nc(SCc4cccc(Cl)c4)[nH]c(=O)c32)cc1OC. The Kier molecular flexibility index (Phi) is 6.92. The van der Waals surface area contributed by atoms with Crippen LogP contribution in [0.15, 0.2) is 52.4 Å². The molecule has 9 heteroatoms. The Morgan fingerprint density at radius 1 is 1.24 bits per heavy atom. The third-order valence-corrected chi connectivity index (χ3v) is 6.27. The van der Waals surface area contributed by atoms with Gasteiger partial charge in [0.25, 0.3) is 5.56 Å². The average molecular weight is 482 g/mol. The summed E-state index contributed by atoms with van der Waals surface area (Å²) in [7, 11) is 1.52. The predicted molar refractivity (Wildman–Crippen MR) is 128 cm³/mol. The molecule has 7 nitrogen and oxygen atoms in total. The van der Waals surface area contributed by atoms with Crippen LogP contribution in [0.4, 0.5) is 5.82 Å². The summed E-state index contributed by atoms with van der Waals surface area (Å²) in [6.45, 7) is 0.101. The van der Waals surface area contributed by atoms with Gasteiger partial charge in [-0.1, -0.05) is 47.5 Å². The first-order valence-corrected chi connectivity index (χ1v) is 11.4. The Labute approximate surface area is 199 Å². The molecule has 2 N–H and O–H groups in total. The number of fused-ring (bicyclic) bond motifs is 1. The first-order valence-electron chi connectivity index (χ1n) is 10.0. The Hall–Kier alpha value is -3.41. The molecular weight excluding hydrogens is 462 g/mol. The highest BCUT2D eigenvalue weighted by atomic mass is 35.5. The molecule has 0 fully saturated rings. The van der Waals surface area contributed by atoms with Crippen LogP contribution in [-0.2, 0) is 10.5 Å². The van der Waals surface area contributed by atoms with Gasteiger partial charge in [-0.3, -0.25) is 9.59 Å². The zero-order chi connectivity index (χ0) is 23.4. The third-order valence-electron chi connectivity index (χ3n) is 5.09. The quantitative estimate of drug-likeness (QED) is 0.298. The van der Waals surface area contributed by atoms with E-state index in [9.17, 15) is 9.59 Å². The molecule has 0 aliphatic carbocycles. The number of aromatic amines is 1. The number of rotatable bonds is 7. The zero-order valence-electron chi connectivity index (χ0n) is 17.7. The molecule has 4 rings (SSSR count). The zero-order valence-corrected chi connectivity index (χ0v) is 19.3. The van der Waals surface area contributed by atoms with Gasteiger partial charge in [0.15, 0.2) is 16.7 Å².